The van der Waals surface area contributed by atoms with Gasteiger partial charge >= 0.3 is 5.69 Å². The van der Waals surface area contributed by atoms with Gasteiger partial charge in [0.25, 0.3) is 0 Å². The Morgan fingerprint density at radius 1 is 1.32 bits per heavy atom. The van der Waals surface area contributed by atoms with Crippen LogP contribution in [-0.4, -0.2) is 35.2 Å². The molecule has 1 amide bonds. The molecule has 9 heteroatoms. The fourth-order valence-corrected chi connectivity index (χ4v) is 3.56. The van der Waals surface area contributed by atoms with Crippen LogP contribution in [0.15, 0.2) is 34.9 Å². The Hall–Kier alpha value is -2.81. The summed E-state index contributed by atoms with van der Waals surface area (Å²) in [7, 11) is 0. The summed E-state index contributed by atoms with van der Waals surface area (Å²) < 4.78 is 0.520. The van der Waals surface area contributed by atoms with Gasteiger partial charge in [-0.3, -0.25) is 19.7 Å². The lowest BCUT2D eigenvalue weighted by Gasteiger charge is -2.33. The van der Waals surface area contributed by atoms with Crippen molar-refractivity contribution in [1.29, 1.82) is 0 Å². The molecule has 1 N–H and O–H groups in total. The second-order valence-electron chi connectivity index (χ2n) is 6.65. The van der Waals surface area contributed by atoms with Crippen LogP contribution in [0, 0.1) is 23.0 Å². The SMILES string of the molecule is Cc1c(Br)cnc(NC(=O)C2CCN(c3ccc(C=O)cc3)CC2)c1[N+](=O)[O-]. The molecule has 0 saturated carbocycles. The number of aldehydes is 1. The summed E-state index contributed by atoms with van der Waals surface area (Å²) in [4.78, 5) is 40.4. The summed E-state index contributed by atoms with van der Waals surface area (Å²) in [6, 6.07) is 7.31. The highest BCUT2D eigenvalue weighted by molar-refractivity contribution is 9.10. The number of hydrogen-bond acceptors (Lipinski definition) is 6. The molecule has 2 aromatic rings. The van der Waals surface area contributed by atoms with Crippen LogP contribution in [0.5, 0.6) is 0 Å². The zero-order chi connectivity index (χ0) is 20.3. The number of carbonyl (C=O) groups excluding carboxylic acids is 2. The number of anilines is 2. The van der Waals surface area contributed by atoms with E-state index < -0.39 is 4.92 Å². The highest BCUT2D eigenvalue weighted by atomic mass is 79.9. The van der Waals surface area contributed by atoms with Gasteiger partial charge in [-0.2, -0.15) is 0 Å². The molecule has 0 spiro atoms. The summed E-state index contributed by atoms with van der Waals surface area (Å²) in [6.07, 6.45) is 3.51. The third kappa shape index (κ3) is 4.19. The Morgan fingerprint density at radius 2 is 1.96 bits per heavy atom. The first-order valence-corrected chi connectivity index (χ1v) is 9.60. The van der Waals surface area contributed by atoms with Crippen molar-refractivity contribution in [1.82, 2.24) is 4.98 Å². The minimum Gasteiger partial charge on any atom is -0.371 e. The largest absolute Gasteiger partial charge is 0.371 e. The van der Waals surface area contributed by atoms with Crippen molar-refractivity contribution in [2.24, 2.45) is 5.92 Å². The molecule has 0 radical (unpaired) electrons. The maximum absolute atomic E-state index is 12.6. The number of nitrogens with one attached hydrogen (secondary N) is 1. The van der Waals surface area contributed by atoms with Crippen molar-refractivity contribution < 1.29 is 14.5 Å². The summed E-state index contributed by atoms with van der Waals surface area (Å²) in [5, 5.41) is 14.0. The van der Waals surface area contributed by atoms with Gasteiger partial charge in [0.15, 0.2) is 0 Å². The maximum atomic E-state index is 12.6. The molecule has 2 heterocycles. The van der Waals surface area contributed by atoms with E-state index in [1.807, 2.05) is 12.1 Å². The van der Waals surface area contributed by atoms with Crippen molar-refractivity contribution in [3.05, 3.63) is 56.2 Å². The van der Waals surface area contributed by atoms with Crippen LogP contribution in [0.25, 0.3) is 0 Å². The number of hydrogen-bond donors (Lipinski definition) is 1. The molecule has 1 aromatic heterocycles. The molecular formula is C19H19BrN4O4. The molecule has 1 aromatic carbocycles. The van der Waals surface area contributed by atoms with E-state index in [4.69, 9.17) is 0 Å². The number of carbonyl (C=O) groups is 2. The van der Waals surface area contributed by atoms with E-state index in [-0.39, 0.29) is 23.3 Å². The van der Waals surface area contributed by atoms with Crippen molar-refractivity contribution in [2.75, 3.05) is 23.3 Å². The average Bonchev–Trinajstić information content (AvgIpc) is 2.70. The van der Waals surface area contributed by atoms with Crippen molar-refractivity contribution in [3.63, 3.8) is 0 Å². The van der Waals surface area contributed by atoms with E-state index >= 15 is 0 Å². The van der Waals surface area contributed by atoms with Crippen LogP contribution in [0.4, 0.5) is 17.2 Å². The molecule has 1 fully saturated rings. The van der Waals surface area contributed by atoms with Crippen LogP contribution in [-0.2, 0) is 4.79 Å². The monoisotopic (exact) mass is 446 g/mol. The highest BCUT2D eigenvalue weighted by Gasteiger charge is 2.28. The number of benzene rings is 1. The standard InChI is InChI=1S/C19H19BrN4O4/c1-12-16(20)10-21-18(17(12)24(27)28)22-19(26)14-6-8-23(9-7-14)15-4-2-13(11-25)3-5-15/h2-5,10-11,14H,6-9H2,1H3,(H,21,22,26). The lowest BCUT2D eigenvalue weighted by molar-refractivity contribution is -0.384. The number of nitro groups is 1. The normalized spacial score (nSPS) is 14.6. The Bertz CT molecular complexity index is 909. The molecule has 1 aliphatic rings. The van der Waals surface area contributed by atoms with Gasteiger partial charge in [0.05, 0.1) is 4.92 Å². The summed E-state index contributed by atoms with van der Waals surface area (Å²) >= 11 is 3.22. The van der Waals surface area contributed by atoms with Gasteiger partial charge in [0, 0.05) is 46.5 Å². The third-order valence-electron chi connectivity index (χ3n) is 4.93. The Balaban J connectivity index is 1.65. The molecule has 1 aliphatic heterocycles. The quantitative estimate of drug-likeness (QED) is 0.426. The number of pyridine rings is 1. The first-order valence-electron chi connectivity index (χ1n) is 8.81. The molecular weight excluding hydrogens is 428 g/mol. The number of piperidine rings is 1. The van der Waals surface area contributed by atoms with Gasteiger partial charge in [-0.15, -0.1) is 0 Å². The Morgan fingerprint density at radius 3 is 2.54 bits per heavy atom. The molecule has 0 aliphatic carbocycles. The fraction of sp³-hybridized carbons (Fsp3) is 0.316. The summed E-state index contributed by atoms with van der Waals surface area (Å²) in [5.74, 6) is -0.522. The first kappa shape index (κ1) is 19.9. The minimum absolute atomic E-state index is 0.0254. The van der Waals surface area contributed by atoms with Crippen molar-refractivity contribution in [2.45, 2.75) is 19.8 Å². The molecule has 8 nitrogen and oxygen atoms in total. The zero-order valence-electron chi connectivity index (χ0n) is 15.2. The molecule has 3 rings (SSSR count). The summed E-state index contributed by atoms with van der Waals surface area (Å²) in [6.45, 7) is 2.98. The van der Waals surface area contributed by atoms with Crippen LogP contribution in [0.2, 0.25) is 0 Å². The summed E-state index contributed by atoms with van der Waals surface area (Å²) in [5.41, 5.74) is 1.85. The van der Waals surface area contributed by atoms with E-state index in [0.29, 0.717) is 41.5 Å². The number of amides is 1. The number of halogens is 1. The van der Waals surface area contributed by atoms with Gasteiger partial charge in [-0.25, -0.2) is 4.98 Å². The predicted molar refractivity (Wildman–Crippen MR) is 109 cm³/mol. The van der Waals surface area contributed by atoms with E-state index in [0.717, 1.165) is 12.0 Å². The Kier molecular flexibility index (Phi) is 6.03. The molecule has 1 saturated heterocycles. The van der Waals surface area contributed by atoms with Gasteiger partial charge in [0.1, 0.15) is 6.29 Å². The van der Waals surface area contributed by atoms with E-state index in [2.05, 4.69) is 31.1 Å². The Labute approximate surface area is 170 Å². The lowest BCUT2D eigenvalue weighted by Crippen LogP contribution is -2.38. The highest BCUT2D eigenvalue weighted by Crippen LogP contribution is 2.32. The van der Waals surface area contributed by atoms with Crippen molar-refractivity contribution >= 4 is 45.3 Å². The molecule has 146 valence electrons. The van der Waals surface area contributed by atoms with E-state index in [1.54, 1.807) is 19.1 Å². The van der Waals surface area contributed by atoms with Crippen LogP contribution < -0.4 is 10.2 Å². The average molecular weight is 447 g/mol. The molecule has 0 atom stereocenters. The second kappa shape index (κ2) is 8.47. The van der Waals surface area contributed by atoms with E-state index in [9.17, 15) is 19.7 Å². The maximum Gasteiger partial charge on any atom is 0.315 e. The lowest BCUT2D eigenvalue weighted by atomic mass is 9.95. The second-order valence-corrected chi connectivity index (χ2v) is 7.50. The third-order valence-corrected chi connectivity index (χ3v) is 5.73. The minimum atomic E-state index is -0.533. The predicted octanol–water partition coefficient (Wildman–Crippen LogP) is 3.73. The molecule has 28 heavy (non-hydrogen) atoms. The van der Waals surface area contributed by atoms with Crippen molar-refractivity contribution in [3.8, 4) is 0 Å². The number of aromatic nitrogens is 1. The first-order chi connectivity index (χ1) is 13.4. The molecule has 0 unspecified atom stereocenters. The smallest absolute Gasteiger partial charge is 0.315 e. The number of nitrogens with zero attached hydrogens (tertiary/aromatic N) is 3. The van der Waals surface area contributed by atoms with Crippen LogP contribution >= 0.6 is 15.9 Å². The van der Waals surface area contributed by atoms with Gasteiger partial charge in [-0.1, -0.05) is 0 Å². The zero-order valence-corrected chi connectivity index (χ0v) is 16.8. The van der Waals surface area contributed by atoms with Crippen LogP contribution in [0.1, 0.15) is 28.8 Å². The topological polar surface area (TPSA) is 105 Å². The fourth-order valence-electron chi connectivity index (χ4n) is 3.27. The van der Waals surface area contributed by atoms with Gasteiger partial charge < -0.3 is 10.2 Å². The van der Waals surface area contributed by atoms with Gasteiger partial charge in [-0.05, 0) is 60.0 Å². The molecule has 0 bridgehead atoms. The van der Waals surface area contributed by atoms with E-state index in [1.165, 1.54) is 6.20 Å². The van der Waals surface area contributed by atoms with Gasteiger partial charge in [0.2, 0.25) is 11.7 Å². The van der Waals surface area contributed by atoms with Crippen LogP contribution in [0.3, 0.4) is 0 Å². The number of rotatable bonds is 5.